The smallest absolute Gasteiger partial charge is 0.124 e. The lowest BCUT2D eigenvalue weighted by Crippen LogP contribution is -2.23. The van der Waals surface area contributed by atoms with Crippen molar-refractivity contribution in [3.63, 3.8) is 0 Å². The monoisotopic (exact) mass is 512 g/mol. The van der Waals surface area contributed by atoms with Crippen molar-refractivity contribution < 1.29 is 28.4 Å². The van der Waals surface area contributed by atoms with Crippen molar-refractivity contribution in [1.29, 1.82) is 0 Å². The first-order valence-corrected chi connectivity index (χ1v) is 13.4. The van der Waals surface area contributed by atoms with Crippen LogP contribution in [0.15, 0.2) is 66.7 Å². The number of fused-ring (bicyclic) bond motifs is 2. The van der Waals surface area contributed by atoms with Crippen LogP contribution in [0.4, 0.5) is 0 Å². The third-order valence-corrected chi connectivity index (χ3v) is 7.59. The van der Waals surface area contributed by atoms with E-state index >= 15 is 0 Å². The first kappa shape index (κ1) is 23.8. The lowest BCUT2D eigenvalue weighted by atomic mass is 9.73. The maximum atomic E-state index is 6.44. The standard InChI is InChI=1S/C32H32O6/c1-32(2,30-26-6-4-3-5-20(26)8-11-28(30)37-18-24-16-35-24)31-27-13-22(33-14-23-15-34-23)10-7-21(27)9-12-29(31)38-19-25-17-36-25/h3-13,23-25H,14-19H2,1-2H3. The molecule has 0 bridgehead atoms. The quantitative estimate of drug-likeness (QED) is 0.242. The molecule has 0 saturated carbocycles. The van der Waals surface area contributed by atoms with Gasteiger partial charge in [-0.2, -0.15) is 0 Å². The number of ether oxygens (including phenoxy) is 6. The second-order valence-corrected chi connectivity index (χ2v) is 10.9. The van der Waals surface area contributed by atoms with Gasteiger partial charge in [0.25, 0.3) is 0 Å². The predicted octanol–water partition coefficient (Wildman–Crippen LogP) is 5.65. The fraction of sp³-hybridized carbons (Fsp3) is 0.375. The largest absolute Gasteiger partial charge is 0.491 e. The minimum Gasteiger partial charge on any atom is -0.491 e. The van der Waals surface area contributed by atoms with Gasteiger partial charge in [-0.3, -0.25) is 0 Å². The summed E-state index contributed by atoms with van der Waals surface area (Å²) in [7, 11) is 0. The molecular weight excluding hydrogens is 480 g/mol. The molecule has 0 aliphatic carbocycles. The Balaban J connectivity index is 1.39. The van der Waals surface area contributed by atoms with Crippen molar-refractivity contribution in [1.82, 2.24) is 0 Å². The molecule has 0 aromatic heterocycles. The molecule has 6 nitrogen and oxygen atoms in total. The average Bonchev–Trinajstić information content (AvgIpc) is 3.78. The summed E-state index contributed by atoms with van der Waals surface area (Å²) in [5.74, 6) is 2.55. The Morgan fingerprint density at radius 1 is 0.632 bits per heavy atom. The fourth-order valence-corrected chi connectivity index (χ4v) is 5.32. The van der Waals surface area contributed by atoms with Crippen LogP contribution in [0.3, 0.4) is 0 Å². The van der Waals surface area contributed by atoms with E-state index < -0.39 is 5.41 Å². The topological polar surface area (TPSA) is 65.3 Å². The molecular formula is C32H32O6. The zero-order valence-electron chi connectivity index (χ0n) is 21.8. The molecule has 0 amide bonds. The molecule has 3 atom stereocenters. The second kappa shape index (κ2) is 9.45. The molecule has 4 aromatic rings. The third kappa shape index (κ3) is 4.80. The summed E-state index contributed by atoms with van der Waals surface area (Å²) >= 11 is 0. The van der Waals surface area contributed by atoms with Gasteiger partial charge in [-0.1, -0.05) is 56.3 Å². The molecule has 4 aromatic carbocycles. The molecule has 3 saturated heterocycles. The Kier molecular flexibility index (Phi) is 5.91. The van der Waals surface area contributed by atoms with Crippen molar-refractivity contribution in [3.8, 4) is 17.2 Å². The summed E-state index contributed by atoms with van der Waals surface area (Å²) in [5, 5.41) is 4.57. The van der Waals surface area contributed by atoms with Gasteiger partial charge in [0.2, 0.25) is 0 Å². The number of benzene rings is 4. The highest BCUT2D eigenvalue weighted by atomic mass is 16.6. The lowest BCUT2D eigenvalue weighted by Gasteiger charge is -2.32. The van der Waals surface area contributed by atoms with Gasteiger partial charge < -0.3 is 28.4 Å². The van der Waals surface area contributed by atoms with Gasteiger partial charge in [0.15, 0.2) is 0 Å². The molecule has 6 heteroatoms. The maximum Gasteiger partial charge on any atom is 0.124 e. The molecule has 0 spiro atoms. The summed E-state index contributed by atoms with van der Waals surface area (Å²) in [5.41, 5.74) is 1.76. The number of epoxide rings is 3. The van der Waals surface area contributed by atoms with Crippen molar-refractivity contribution in [2.24, 2.45) is 0 Å². The molecule has 38 heavy (non-hydrogen) atoms. The van der Waals surface area contributed by atoms with E-state index in [1.807, 2.05) is 6.07 Å². The third-order valence-electron chi connectivity index (χ3n) is 7.59. The van der Waals surface area contributed by atoms with Crippen molar-refractivity contribution in [2.45, 2.75) is 37.6 Å². The van der Waals surface area contributed by atoms with Crippen LogP contribution < -0.4 is 14.2 Å². The Hall–Kier alpha value is -3.32. The van der Waals surface area contributed by atoms with Crippen molar-refractivity contribution in [2.75, 3.05) is 39.6 Å². The normalized spacial score (nSPS) is 21.9. The van der Waals surface area contributed by atoms with Crippen LogP contribution in [0.2, 0.25) is 0 Å². The maximum absolute atomic E-state index is 6.44. The van der Waals surface area contributed by atoms with Gasteiger partial charge >= 0.3 is 0 Å². The summed E-state index contributed by atoms with van der Waals surface area (Å²) in [6.45, 7) is 8.42. The first-order valence-electron chi connectivity index (χ1n) is 13.4. The average molecular weight is 513 g/mol. The summed E-state index contributed by atoms with van der Waals surface area (Å²) in [6.07, 6.45) is 0.521. The van der Waals surface area contributed by atoms with Gasteiger partial charge in [-0.05, 0) is 45.8 Å². The lowest BCUT2D eigenvalue weighted by molar-refractivity contribution is 0.255. The second-order valence-electron chi connectivity index (χ2n) is 10.9. The van der Waals surface area contributed by atoms with Gasteiger partial charge in [-0.25, -0.2) is 0 Å². The Bertz CT molecular complexity index is 1480. The number of hydrogen-bond donors (Lipinski definition) is 0. The van der Waals surface area contributed by atoms with Crippen molar-refractivity contribution >= 4 is 21.5 Å². The van der Waals surface area contributed by atoms with Gasteiger partial charge in [0.1, 0.15) is 55.4 Å². The molecule has 0 N–H and O–H groups in total. The van der Waals surface area contributed by atoms with Gasteiger partial charge in [0, 0.05) is 16.5 Å². The van der Waals surface area contributed by atoms with Crippen molar-refractivity contribution in [3.05, 3.63) is 77.9 Å². The number of rotatable bonds is 11. The predicted molar refractivity (Wildman–Crippen MR) is 146 cm³/mol. The van der Waals surface area contributed by atoms with Crippen LogP contribution >= 0.6 is 0 Å². The Morgan fingerprint density at radius 3 is 1.74 bits per heavy atom. The van der Waals surface area contributed by atoms with Gasteiger partial charge in [-0.15, -0.1) is 0 Å². The van der Waals surface area contributed by atoms with E-state index in [0.717, 1.165) is 59.0 Å². The van der Waals surface area contributed by atoms with Gasteiger partial charge in [0.05, 0.1) is 19.8 Å². The molecule has 3 fully saturated rings. The summed E-state index contributed by atoms with van der Waals surface area (Å²) in [6, 6.07) is 23.2. The molecule has 3 unspecified atom stereocenters. The molecule has 7 rings (SSSR count). The van der Waals surface area contributed by atoms with Crippen LogP contribution in [0, 0.1) is 0 Å². The highest BCUT2D eigenvalue weighted by molar-refractivity contribution is 5.94. The SMILES string of the molecule is CC(C)(c1c(OCC2CO2)ccc2ccccc12)c1c(OCC2CO2)ccc2ccc(OCC3CO3)cc12. The molecule has 196 valence electrons. The van der Waals surface area contributed by atoms with E-state index in [1.54, 1.807) is 0 Å². The van der Waals surface area contributed by atoms with Crippen LogP contribution in [-0.2, 0) is 19.6 Å². The fourth-order valence-electron chi connectivity index (χ4n) is 5.32. The van der Waals surface area contributed by atoms with Crippen LogP contribution in [0.25, 0.3) is 21.5 Å². The highest BCUT2D eigenvalue weighted by Crippen LogP contribution is 2.48. The van der Waals surface area contributed by atoms with E-state index in [-0.39, 0.29) is 18.3 Å². The molecule has 3 aliphatic heterocycles. The van der Waals surface area contributed by atoms with E-state index in [1.165, 1.54) is 10.8 Å². The minimum absolute atomic E-state index is 0.157. The van der Waals surface area contributed by atoms with Crippen LogP contribution in [-0.4, -0.2) is 58.0 Å². The molecule has 3 aliphatic rings. The van der Waals surface area contributed by atoms with E-state index in [2.05, 4.69) is 74.5 Å². The minimum atomic E-state index is -0.474. The van der Waals surface area contributed by atoms with Crippen LogP contribution in [0.1, 0.15) is 25.0 Å². The molecule has 0 radical (unpaired) electrons. The first-order chi connectivity index (χ1) is 18.6. The number of hydrogen-bond acceptors (Lipinski definition) is 6. The zero-order chi connectivity index (χ0) is 25.7. The Morgan fingerprint density at radius 2 is 1.13 bits per heavy atom. The summed E-state index contributed by atoms with van der Waals surface area (Å²) < 4.78 is 35.2. The zero-order valence-corrected chi connectivity index (χ0v) is 21.8. The van der Waals surface area contributed by atoms with Crippen LogP contribution in [0.5, 0.6) is 17.2 Å². The Labute approximate surface area is 222 Å². The van der Waals surface area contributed by atoms with E-state index in [9.17, 15) is 0 Å². The van der Waals surface area contributed by atoms with E-state index in [0.29, 0.717) is 19.8 Å². The summed E-state index contributed by atoms with van der Waals surface area (Å²) in [4.78, 5) is 0. The highest BCUT2D eigenvalue weighted by Gasteiger charge is 2.35. The van der Waals surface area contributed by atoms with E-state index in [4.69, 9.17) is 28.4 Å². The molecule has 3 heterocycles.